The molecule has 2 aromatic heterocycles. The molecule has 0 spiro atoms. The molecule has 0 saturated carbocycles. The van der Waals surface area contributed by atoms with Crippen LogP contribution >= 0.6 is 23.2 Å². The van der Waals surface area contributed by atoms with Crippen LogP contribution in [0.4, 0.5) is 8.78 Å². The van der Waals surface area contributed by atoms with Crippen molar-refractivity contribution in [1.82, 2.24) is 14.8 Å². The van der Waals surface area contributed by atoms with Gasteiger partial charge in [0.1, 0.15) is 11.4 Å². The van der Waals surface area contributed by atoms with Gasteiger partial charge >= 0.3 is 0 Å². The lowest BCUT2D eigenvalue weighted by Gasteiger charge is -2.10. The molecule has 0 saturated heterocycles. The molecule has 7 heteroatoms. The Hall–Kier alpha value is -1.20. The molecule has 0 amide bonds. The smallest absolute Gasteiger partial charge is 0.264 e. The van der Waals surface area contributed by atoms with Crippen LogP contribution in [0.15, 0.2) is 6.07 Å². The third-order valence-corrected chi connectivity index (χ3v) is 3.71. The van der Waals surface area contributed by atoms with Crippen LogP contribution in [0.1, 0.15) is 23.9 Å². The molecule has 20 heavy (non-hydrogen) atoms. The van der Waals surface area contributed by atoms with Crippen LogP contribution in [0, 0.1) is 13.8 Å². The number of hydrogen-bond acceptors (Lipinski definition) is 2. The lowest BCUT2D eigenvalue weighted by molar-refractivity contribution is 0.00895. The summed E-state index contributed by atoms with van der Waals surface area (Å²) in [4.78, 5) is 4.30. The van der Waals surface area contributed by atoms with E-state index < -0.39 is 5.92 Å². The third-order valence-electron chi connectivity index (χ3n) is 2.97. The van der Waals surface area contributed by atoms with Gasteiger partial charge in [0.2, 0.25) is 0 Å². The molecule has 2 aromatic rings. The van der Waals surface area contributed by atoms with E-state index in [0.717, 1.165) is 17.2 Å². The number of halogens is 4. The first-order valence-corrected chi connectivity index (χ1v) is 6.63. The molecule has 0 bridgehead atoms. The fourth-order valence-electron chi connectivity index (χ4n) is 2.04. The standard InChI is InChI=1S/C13H13Cl2F2N3/c1-6-5-8(14)7(2)18-10(6)11-9(15)12(13(3,16)17)20(4)19-11/h5H,1-4H3. The van der Waals surface area contributed by atoms with Crippen LogP contribution in [0.2, 0.25) is 10.0 Å². The summed E-state index contributed by atoms with van der Waals surface area (Å²) in [5, 5.41) is 4.51. The number of pyridine rings is 1. The van der Waals surface area contributed by atoms with Gasteiger partial charge in [-0.3, -0.25) is 4.68 Å². The molecule has 108 valence electrons. The predicted octanol–water partition coefficient (Wildman–Crippen LogP) is 4.52. The molecule has 2 rings (SSSR count). The maximum atomic E-state index is 13.6. The molecule has 0 fully saturated rings. The van der Waals surface area contributed by atoms with Crippen molar-refractivity contribution in [2.24, 2.45) is 7.05 Å². The van der Waals surface area contributed by atoms with E-state index in [1.807, 2.05) is 0 Å². The zero-order valence-corrected chi connectivity index (χ0v) is 12.9. The minimum atomic E-state index is -3.08. The number of nitrogens with zero attached hydrogens (tertiary/aromatic N) is 3. The van der Waals surface area contributed by atoms with Crippen LogP contribution in [-0.4, -0.2) is 14.8 Å². The highest BCUT2D eigenvalue weighted by Gasteiger charge is 2.34. The molecule has 2 heterocycles. The first-order chi connectivity index (χ1) is 9.12. The Labute approximate surface area is 125 Å². The van der Waals surface area contributed by atoms with Gasteiger partial charge in [-0.05, 0) is 25.5 Å². The zero-order valence-electron chi connectivity index (χ0n) is 11.4. The maximum Gasteiger partial charge on any atom is 0.288 e. The topological polar surface area (TPSA) is 30.7 Å². The summed E-state index contributed by atoms with van der Waals surface area (Å²) in [6, 6.07) is 1.72. The second-order valence-electron chi connectivity index (χ2n) is 4.74. The van der Waals surface area contributed by atoms with Crippen LogP contribution in [0.5, 0.6) is 0 Å². The molecule has 3 nitrogen and oxygen atoms in total. The van der Waals surface area contributed by atoms with Gasteiger partial charge < -0.3 is 0 Å². The summed E-state index contributed by atoms with van der Waals surface area (Å²) in [7, 11) is 1.43. The van der Waals surface area contributed by atoms with Crippen molar-refractivity contribution in [3.05, 3.63) is 33.1 Å². The lowest BCUT2D eigenvalue weighted by atomic mass is 10.1. The first-order valence-electron chi connectivity index (χ1n) is 5.87. The summed E-state index contributed by atoms with van der Waals surface area (Å²) >= 11 is 12.1. The third kappa shape index (κ3) is 2.52. The quantitative estimate of drug-likeness (QED) is 0.815. The highest BCUT2D eigenvalue weighted by Crippen LogP contribution is 2.39. The van der Waals surface area contributed by atoms with Crippen molar-refractivity contribution in [3.63, 3.8) is 0 Å². The molecule has 0 aromatic carbocycles. The van der Waals surface area contributed by atoms with Crippen LogP contribution < -0.4 is 0 Å². The monoisotopic (exact) mass is 319 g/mol. The second-order valence-corrected chi connectivity index (χ2v) is 5.53. The largest absolute Gasteiger partial charge is 0.288 e. The molecular weight excluding hydrogens is 307 g/mol. The summed E-state index contributed by atoms with van der Waals surface area (Å²) in [6.07, 6.45) is 0. The number of rotatable bonds is 2. The fourth-order valence-corrected chi connectivity index (χ4v) is 2.66. The van der Waals surface area contributed by atoms with E-state index in [4.69, 9.17) is 23.2 Å². The van der Waals surface area contributed by atoms with Crippen molar-refractivity contribution in [1.29, 1.82) is 0 Å². The van der Waals surface area contributed by atoms with Gasteiger partial charge in [-0.25, -0.2) is 4.98 Å². The maximum absolute atomic E-state index is 13.6. The van der Waals surface area contributed by atoms with Gasteiger partial charge in [0.15, 0.2) is 0 Å². The van der Waals surface area contributed by atoms with Gasteiger partial charge in [-0.15, -0.1) is 0 Å². The summed E-state index contributed by atoms with van der Waals surface area (Å²) < 4.78 is 28.2. The summed E-state index contributed by atoms with van der Waals surface area (Å²) in [5.74, 6) is -3.08. The molecular formula is C13H13Cl2F2N3. The SMILES string of the molecule is Cc1cc(Cl)c(C)nc1-c1nn(C)c(C(C)(F)F)c1Cl. The van der Waals surface area contributed by atoms with E-state index in [1.165, 1.54) is 7.05 Å². The highest BCUT2D eigenvalue weighted by molar-refractivity contribution is 6.34. The Bertz CT molecular complexity index is 675. The Kier molecular flexibility index (Phi) is 3.77. The van der Waals surface area contributed by atoms with Gasteiger partial charge in [-0.1, -0.05) is 23.2 Å². The molecule has 0 atom stereocenters. The minimum Gasteiger partial charge on any atom is -0.264 e. The normalized spacial score (nSPS) is 12.0. The van der Waals surface area contributed by atoms with E-state index >= 15 is 0 Å². The minimum absolute atomic E-state index is 0.0858. The zero-order chi connectivity index (χ0) is 15.2. The van der Waals surface area contributed by atoms with Gasteiger partial charge in [0.25, 0.3) is 5.92 Å². The molecule has 0 aliphatic rings. The second kappa shape index (κ2) is 4.97. The van der Waals surface area contributed by atoms with Gasteiger partial charge in [0, 0.05) is 14.0 Å². The fraction of sp³-hybridized carbons (Fsp3) is 0.385. The predicted molar refractivity (Wildman–Crippen MR) is 75.5 cm³/mol. The number of hydrogen-bond donors (Lipinski definition) is 0. The van der Waals surface area contributed by atoms with E-state index in [1.54, 1.807) is 19.9 Å². The molecule has 0 aliphatic heterocycles. The van der Waals surface area contributed by atoms with Crippen molar-refractivity contribution < 1.29 is 8.78 Å². The van der Waals surface area contributed by atoms with Crippen LogP contribution in [0.3, 0.4) is 0 Å². The Morgan fingerprint density at radius 2 is 1.80 bits per heavy atom. The van der Waals surface area contributed by atoms with Gasteiger partial charge in [-0.2, -0.15) is 13.9 Å². The molecule has 0 N–H and O–H groups in total. The Morgan fingerprint density at radius 1 is 1.20 bits per heavy atom. The highest BCUT2D eigenvalue weighted by atomic mass is 35.5. The van der Waals surface area contributed by atoms with E-state index in [-0.39, 0.29) is 16.4 Å². The van der Waals surface area contributed by atoms with Crippen molar-refractivity contribution >= 4 is 23.2 Å². The number of aromatic nitrogens is 3. The van der Waals surface area contributed by atoms with Crippen molar-refractivity contribution in [3.8, 4) is 11.4 Å². The Balaban J connectivity index is 2.70. The average Bonchev–Trinajstić information content (AvgIpc) is 2.58. The molecule has 0 aliphatic carbocycles. The average molecular weight is 320 g/mol. The Morgan fingerprint density at radius 3 is 2.30 bits per heavy atom. The van der Waals surface area contributed by atoms with Crippen LogP contribution in [-0.2, 0) is 13.0 Å². The molecule has 0 radical (unpaired) electrons. The van der Waals surface area contributed by atoms with E-state index in [2.05, 4.69) is 10.1 Å². The van der Waals surface area contributed by atoms with Crippen LogP contribution in [0.25, 0.3) is 11.4 Å². The van der Waals surface area contributed by atoms with E-state index in [9.17, 15) is 8.78 Å². The molecule has 0 unspecified atom stereocenters. The van der Waals surface area contributed by atoms with Gasteiger partial charge in [0.05, 0.1) is 21.4 Å². The summed E-state index contributed by atoms with van der Waals surface area (Å²) in [5.41, 5.74) is 1.69. The first kappa shape index (κ1) is 15.2. The number of alkyl halides is 2. The van der Waals surface area contributed by atoms with E-state index in [0.29, 0.717) is 16.4 Å². The van der Waals surface area contributed by atoms with Crippen molar-refractivity contribution in [2.45, 2.75) is 26.7 Å². The van der Waals surface area contributed by atoms with Crippen molar-refractivity contribution in [2.75, 3.05) is 0 Å². The summed E-state index contributed by atoms with van der Waals surface area (Å²) in [6.45, 7) is 4.30. The number of aryl methyl sites for hydroxylation is 3. The lowest BCUT2D eigenvalue weighted by Crippen LogP contribution is -2.13.